The Morgan fingerprint density at radius 2 is 1.82 bits per heavy atom. The largest absolute Gasteiger partial charge is 0.497 e. The molecule has 0 unspecified atom stereocenters. The van der Waals surface area contributed by atoms with Crippen LogP contribution in [-0.2, 0) is 15.0 Å². The second-order valence-corrected chi connectivity index (χ2v) is 9.51. The van der Waals surface area contributed by atoms with Crippen molar-refractivity contribution in [2.75, 3.05) is 19.0 Å². The van der Waals surface area contributed by atoms with Crippen molar-refractivity contribution in [3.63, 3.8) is 0 Å². The highest BCUT2D eigenvalue weighted by molar-refractivity contribution is 6.04. The zero-order valence-corrected chi connectivity index (χ0v) is 19.7. The Kier molecular flexibility index (Phi) is 6.26. The summed E-state index contributed by atoms with van der Waals surface area (Å²) in [5.41, 5.74) is 2.04. The van der Waals surface area contributed by atoms with Gasteiger partial charge in [-0.1, -0.05) is 43.9 Å². The lowest BCUT2D eigenvalue weighted by Crippen LogP contribution is -2.51. The van der Waals surface area contributed by atoms with E-state index in [4.69, 9.17) is 4.74 Å². The number of benzene rings is 2. The monoisotopic (exact) mass is 460 g/mol. The maximum atomic E-state index is 14.3. The van der Waals surface area contributed by atoms with Crippen LogP contribution in [0.5, 0.6) is 5.75 Å². The van der Waals surface area contributed by atoms with Gasteiger partial charge in [-0.2, -0.15) is 5.10 Å². The number of ether oxygens (including phenoxy) is 1. The molecule has 7 heteroatoms. The summed E-state index contributed by atoms with van der Waals surface area (Å²) in [6, 6.07) is 13.2. The van der Waals surface area contributed by atoms with E-state index in [1.807, 2.05) is 47.4 Å². The van der Waals surface area contributed by atoms with Gasteiger partial charge >= 0.3 is 0 Å². The first kappa shape index (κ1) is 22.4. The first-order chi connectivity index (χ1) is 16.6. The summed E-state index contributed by atoms with van der Waals surface area (Å²) in [5.74, 6) is 0.753. The van der Waals surface area contributed by atoms with E-state index in [1.165, 1.54) is 0 Å². The lowest BCUT2D eigenvalue weighted by Gasteiger charge is -2.38. The summed E-state index contributed by atoms with van der Waals surface area (Å²) in [6.45, 7) is 0.616. The van der Waals surface area contributed by atoms with E-state index in [0.29, 0.717) is 13.0 Å². The van der Waals surface area contributed by atoms with Gasteiger partial charge in [0.15, 0.2) is 0 Å². The lowest BCUT2D eigenvalue weighted by atomic mass is 9.73. The molecule has 2 aromatic carbocycles. The van der Waals surface area contributed by atoms with Gasteiger partial charge in [0.1, 0.15) is 11.8 Å². The predicted molar refractivity (Wildman–Crippen MR) is 132 cm³/mol. The molecule has 5 rings (SSSR count). The average molecular weight is 461 g/mol. The maximum Gasteiger partial charge on any atom is 0.247 e. The molecule has 2 heterocycles. The molecule has 178 valence electrons. The van der Waals surface area contributed by atoms with Crippen LogP contribution in [0.4, 0.5) is 5.69 Å². The molecule has 0 radical (unpaired) electrons. The van der Waals surface area contributed by atoms with Crippen LogP contribution in [0, 0.1) is 0 Å². The van der Waals surface area contributed by atoms with Crippen LogP contribution in [-0.4, -0.2) is 46.6 Å². The van der Waals surface area contributed by atoms with Crippen LogP contribution in [0.1, 0.15) is 56.9 Å². The minimum atomic E-state index is -0.587. The molecule has 2 aliphatic rings. The Hall–Kier alpha value is -3.35. The Labute approximate surface area is 199 Å². The molecule has 2 amide bonds. The lowest BCUT2D eigenvalue weighted by molar-refractivity contribution is -0.142. The molecule has 1 aliphatic heterocycles. The highest BCUT2D eigenvalue weighted by Gasteiger charge is 2.46. The molecular weight excluding hydrogens is 428 g/mol. The Morgan fingerprint density at radius 1 is 1.06 bits per heavy atom. The number of H-pyrrole nitrogens is 1. The van der Waals surface area contributed by atoms with Gasteiger partial charge in [0.05, 0.1) is 29.9 Å². The number of amides is 2. The topological polar surface area (TPSA) is 87.3 Å². The molecule has 7 nitrogen and oxygen atoms in total. The van der Waals surface area contributed by atoms with Crippen molar-refractivity contribution in [2.45, 2.75) is 62.8 Å². The SMILES string of the molecule is COc1ccc(C2(C(=O)N3CCC[C@@H]3C(=O)Nc3cccc4[nH]ncc34)CCCCCC2)cc1. The van der Waals surface area contributed by atoms with Crippen molar-refractivity contribution in [3.05, 3.63) is 54.2 Å². The first-order valence-corrected chi connectivity index (χ1v) is 12.3. The van der Waals surface area contributed by atoms with Gasteiger partial charge in [-0.15, -0.1) is 0 Å². The second kappa shape index (κ2) is 9.49. The summed E-state index contributed by atoms with van der Waals surface area (Å²) in [5, 5.41) is 11.0. The summed E-state index contributed by atoms with van der Waals surface area (Å²) >= 11 is 0. The molecule has 2 fully saturated rings. The van der Waals surface area contributed by atoms with Crippen LogP contribution in [0.25, 0.3) is 10.9 Å². The number of rotatable bonds is 5. The number of aromatic amines is 1. The summed E-state index contributed by atoms with van der Waals surface area (Å²) in [6.07, 6.45) is 9.18. The fraction of sp³-hybridized carbons (Fsp3) is 0.444. The summed E-state index contributed by atoms with van der Waals surface area (Å²) in [7, 11) is 1.65. The zero-order valence-electron chi connectivity index (χ0n) is 19.7. The zero-order chi connectivity index (χ0) is 23.5. The van der Waals surface area contributed by atoms with Gasteiger partial charge in [0.2, 0.25) is 11.8 Å². The van der Waals surface area contributed by atoms with E-state index >= 15 is 0 Å². The standard InChI is InChI=1S/C27H32N4O3/c1-34-20-13-11-19(12-14-20)27(15-4-2-3-5-16-27)26(33)31-17-7-10-24(31)25(32)29-22-8-6-9-23-21(22)18-28-30-23/h6,8-9,11-14,18,24H,2-5,7,10,15-17H2,1H3,(H,28,30)(H,29,32)/t24-/m1/s1. The summed E-state index contributed by atoms with van der Waals surface area (Å²) in [4.78, 5) is 29.5. The van der Waals surface area contributed by atoms with Gasteiger partial charge in [0, 0.05) is 11.9 Å². The van der Waals surface area contributed by atoms with Crippen LogP contribution in [0.3, 0.4) is 0 Å². The van der Waals surface area contributed by atoms with Crippen molar-refractivity contribution in [3.8, 4) is 5.75 Å². The number of nitrogens with one attached hydrogen (secondary N) is 2. The Bertz CT molecular complexity index is 1160. The minimum Gasteiger partial charge on any atom is -0.497 e. The van der Waals surface area contributed by atoms with Crippen molar-refractivity contribution >= 4 is 28.4 Å². The van der Waals surface area contributed by atoms with E-state index in [2.05, 4.69) is 15.5 Å². The molecule has 3 aromatic rings. The maximum absolute atomic E-state index is 14.3. The van der Waals surface area contributed by atoms with Gasteiger partial charge in [-0.3, -0.25) is 14.7 Å². The van der Waals surface area contributed by atoms with E-state index in [1.54, 1.807) is 13.3 Å². The molecule has 1 saturated heterocycles. The van der Waals surface area contributed by atoms with Crippen molar-refractivity contribution < 1.29 is 14.3 Å². The molecule has 1 atom stereocenters. The molecule has 1 aromatic heterocycles. The van der Waals surface area contributed by atoms with Gasteiger partial charge in [0.25, 0.3) is 0 Å². The van der Waals surface area contributed by atoms with E-state index in [9.17, 15) is 9.59 Å². The van der Waals surface area contributed by atoms with E-state index < -0.39 is 11.5 Å². The van der Waals surface area contributed by atoms with E-state index in [-0.39, 0.29) is 11.8 Å². The number of anilines is 1. The van der Waals surface area contributed by atoms with Gasteiger partial charge in [-0.25, -0.2) is 0 Å². The average Bonchev–Trinajstić information content (AvgIpc) is 3.49. The number of carbonyl (C=O) groups excluding carboxylic acids is 2. The molecule has 1 saturated carbocycles. The molecule has 0 bridgehead atoms. The van der Waals surface area contributed by atoms with Crippen LogP contribution >= 0.6 is 0 Å². The fourth-order valence-electron chi connectivity index (χ4n) is 5.72. The van der Waals surface area contributed by atoms with Crippen molar-refractivity contribution in [1.82, 2.24) is 15.1 Å². The fourth-order valence-corrected chi connectivity index (χ4v) is 5.72. The highest BCUT2D eigenvalue weighted by Crippen LogP contribution is 2.42. The molecular formula is C27H32N4O3. The third-order valence-electron chi connectivity index (χ3n) is 7.57. The van der Waals surface area contributed by atoms with Crippen LogP contribution in [0.2, 0.25) is 0 Å². The molecule has 34 heavy (non-hydrogen) atoms. The Morgan fingerprint density at radius 3 is 2.56 bits per heavy atom. The molecule has 1 aliphatic carbocycles. The highest BCUT2D eigenvalue weighted by atomic mass is 16.5. The normalized spacial score (nSPS) is 20.1. The number of hydrogen-bond acceptors (Lipinski definition) is 4. The number of fused-ring (bicyclic) bond motifs is 1. The second-order valence-electron chi connectivity index (χ2n) is 9.51. The van der Waals surface area contributed by atoms with E-state index in [0.717, 1.165) is 72.8 Å². The first-order valence-electron chi connectivity index (χ1n) is 12.3. The van der Waals surface area contributed by atoms with Crippen molar-refractivity contribution in [2.24, 2.45) is 0 Å². The summed E-state index contributed by atoms with van der Waals surface area (Å²) < 4.78 is 5.35. The predicted octanol–water partition coefficient (Wildman–Crippen LogP) is 4.79. The number of methoxy groups -OCH3 is 1. The number of likely N-dealkylation sites (tertiary alicyclic amines) is 1. The minimum absolute atomic E-state index is 0.0961. The van der Waals surface area contributed by atoms with Crippen molar-refractivity contribution in [1.29, 1.82) is 0 Å². The number of hydrogen-bond donors (Lipinski definition) is 2. The van der Waals surface area contributed by atoms with Gasteiger partial charge in [-0.05, 0) is 55.5 Å². The smallest absolute Gasteiger partial charge is 0.247 e. The molecule has 0 spiro atoms. The molecule has 2 N–H and O–H groups in total. The number of carbonyl (C=O) groups is 2. The third-order valence-corrected chi connectivity index (χ3v) is 7.57. The number of nitrogens with zero attached hydrogens (tertiary/aromatic N) is 2. The quantitative estimate of drug-likeness (QED) is 0.536. The van der Waals surface area contributed by atoms with Crippen LogP contribution in [0.15, 0.2) is 48.7 Å². The number of aromatic nitrogens is 2. The van der Waals surface area contributed by atoms with Crippen LogP contribution < -0.4 is 10.1 Å². The van der Waals surface area contributed by atoms with Gasteiger partial charge < -0.3 is 15.0 Å². The Balaban J connectivity index is 1.43. The third kappa shape index (κ3) is 4.04.